The van der Waals surface area contributed by atoms with Gasteiger partial charge in [0.25, 0.3) is 0 Å². The number of ether oxygens (including phenoxy) is 1. The molecule has 0 fully saturated rings. The number of esters is 1. The van der Waals surface area contributed by atoms with Crippen LogP contribution in [-0.2, 0) is 20.9 Å². The van der Waals surface area contributed by atoms with Crippen LogP contribution >= 0.6 is 15.9 Å². The highest BCUT2D eigenvalue weighted by molar-refractivity contribution is 9.10. The molecule has 0 aromatic heterocycles. The van der Waals surface area contributed by atoms with Crippen molar-refractivity contribution >= 4 is 33.9 Å². The molecule has 1 amide bonds. The highest BCUT2D eigenvalue weighted by atomic mass is 79.9. The molecule has 0 heterocycles. The molecule has 0 aliphatic carbocycles. The van der Waals surface area contributed by atoms with Gasteiger partial charge < -0.3 is 10.1 Å². The fourth-order valence-corrected chi connectivity index (χ4v) is 2.18. The SMILES string of the molecule is C[C@H](NC(=O)/C=C/c1ccccc1)C(=O)OCc1ccc(Br)cc1. The summed E-state index contributed by atoms with van der Waals surface area (Å²) in [6.07, 6.45) is 3.09. The predicted molar refractivity (Wildman–Crippen MR) is 97.0 cm³/mol. The Hall–Kier alpha value is -2.40. The average molecular weight is 388 g/mol. The Morgan fingerprint density at radius 3 is 2.46 bits per heavy atom. The van der Waals surface area contributed by atoms with Crippen LogP contribution in [0.15, 0.2) is 65.1 Å². The van der Waals surface area contributed by atoms with Gasteiger partial charge in [0.2, 0.25) is 5.91 Å². The van der Waals surface area contributed by atoms with Crippen molar-refractivity contribution in [2.45, 2.75) is 19.6 Å². The molecule has 0 aliphatic heterocycles. The maximum atomic E-state index is 11.9. The van der Waals surface area contributed by atoms with Crippen molar-refractivity contribution in [1.29, 1.82) is 0 Å². The zero-order valence-corrected chi connectivity index (χ0v) is 14.8. The Kier molecular flexibility index (Phi) is 6.75. The number of nitrogens with one attached hydrogen (secondary N) is 1. The van der Waals surface area contributed by atoms with E-state index in [0.717, 1.165) is 15.6 Å². The van der Waals surface area contributed by atoms with Crippen LogP contribution in [0.5, 0.6) is 0 Å². The number of hydrogen-bond donors (Lipinski definition) is 1. The van der Waals surface area contributed by atoms with Gasteiger partial charge in [0.05, 0.1) is 0 Å². The minimum Gasteiger partial charge on any atom is -0.459 e. The van der Waals surface area contributed by atoms with Gasteiger partial charge in [-0.3, -0.25) is 4.79 Å². The lowest BCUT2D eigenvalue weighted by molar-refractivity contribution is -0.148. The van der Waals surface area contributed by atoms with Crippen molar-refractivity contribution in [3.8, 4) is 0 Å². The van der Waals surface area contributed by atoms with Crippen LogP contribution in [0.3, 0.4) is 0 Å². The summed E-state index contributed by atoms with van der Waals surface area (Å²) in [5.41, 5.74) is 1.80. The van der Waals surface area contributed by atoms with Crippen LogP contribution in [-0.4, -0.2) is 17.9 Å². The quantitative estimate of drug-likeness (QED) is 0.606. The molecule has 24 heavy (non-hydrogen) atoms. The van der Waals surface area contributed by atoms with Gasteiger partial charge in [-0.25, -0.2) is 4.79 Å². The van der Waals surface area contributed by atoms with Gasteiger partial charge in [-0.1, -0.05) is 58.4 Å². The summed E-state index contributed by atoms with van der Waals surface area (Å²) in [6.45, 7) is 1.77. The first-order valence-corrected chi connectivity index (χ1v) is 8.28. The molecule has 1 atom stereocenters. The highest BCUT2D eigenvalue weighted by Gasteiger charge is 2.15. The zero-order chi connectivity index (χ0) is 17.4. The molecule has 0 spiro atoms. The molecule has 5 heteroatoms. The minimum atomic E-state index is -0.714. The van der Waals surface area contributed by atoms with E-state index in [1.807, 2.05) is 54.6 Å². The first kappa shape index (κ1) is 17.9. The maximum Gasteiger partial charge on any atom is 0.328 e. The summed E-state index contributed by atoms with van der Waals surface area (Å²) in [5.74, 6) is -0.814. The van der Waals surface area contributed by atoms with E-state index in [0.29, 0.717) is 0 Å². The fourth-order valence-electron chi connectivity index (χ4n) is 1.92. The van der Waals surface area contributed by atoms with Crippen LogP contribution < -0.4 is 5.32 Å². The molecule has 2 aromatic rings. The lowest BCUT2D eigenvalue weighted by Gasteiger charge is -2.12. The van der Waals surface area contributed by atoms with Crippen LogP contribution in [0.1, 0.15) is 18.1 Å². The van der Waals surface area contributed by atoms with E-state index in [9.17, 15) is 9.59 Å². The lowest BCUT2D eigenvalue weighted by atomic mass is 10.2. The van der Waals surface area contributed by atoms with E-state index >= 15 is 0 Å². The third-order valence-electron chi connectivity index (χ3n) is 3.23. The second kappa shape index (κ2) is 9.03. The Bertz CT molecular complexity index is 711. The molecule has 4 nitrogen and oxygen atoms in total. The van der Waals surface area contributed by atoms with Gasteiger partial charge in [0, 0.05) is 10.5 Å². The van der Waals surface area contributed by atoms with Crippen molar-refractivity contribution in [3.63, 3.8) is 0 Å². The molecule has 0 radical (unpaired) electrons. The molecular weight excluding hydrogens is 370 g/mol. The average Bonchev–Trinajstić information content (AvgIpc) is 2.60. The first-order valence-electron chi connectivity index (χ1n) is 7.49. The molecule has 2 aromatic carbocycles. The summed E-state index contributed by atoms with van der Waals surface area (Å²) in [7, 11) is 0. The zero-order valence-electron chi connectivity index (χ0n) is 13.2. The van der Waals surface area contributed by atoms with Crippen molar-refractivity contribution in [3.05, 3.63) is 76.3 Å². The molecule has 0 saturated heterocycles. The van der Waals surface area contributed by atoms with Gasteiger partial charge in [-0.05, 0) is 36.3 Å². The van der Waals surface area contributed by atoms with E-state index in [1.165, 1.54) is 6.08 Å². The summed E-state index contributed by atoms with van der Waals surface area (Å²) in [4.78, 5) is 23.8. The molecule has 124 valence electrons. The molecular formula is C19H18BrNO3. The largest absolute Gasteiger partial charge is 0.459 e. The van der Waals surface area contributed by atoms with E-state index in [-0.39, 0.29) is 12.5 Å². The molecule has 0 unspecified atom stereocenters. The van der Waals surface area contributed by atoms with Crippen LogP contribution in [0.4, 0.5) is 0 Å². The third-order valence-corrected chi connectivity index (χ3v) is 3.76. The van der Waals surface area contributed by atoms with Gasteiger partial charge >= 0.3 is 5.97 Å². The number of rotatable bonds is 6. The summed E-state index contributed by atoms with van der Waals surface area (Å²) in [6, 6.07) is 16.2. The van der Waals surface area contributed by atoms with E-state index in [2.05, 4.69) is 21.2 Å². The standard InChI is InChI=1S/C19H18BrNO3/c1-14(19(23)24-13-16-7-10-17(20)11-8-16)21-18(22)12-9-15-5-3-2-4-6-15/h2-12,14H,13H2,1H3,(H,21,22)/b12-9+/t14-/m0/s1. The molecule has 1 N–H and O–H groups in total. The Balaban J connectivity index is 1.79. The van der Waals surface area contributed by atoms with Gasteiger partial charge in [-0.2, -0.15) is 0 Å². The van der Waals surface area contributed by atoms with Gasteiger partial charge in [0.15, 0.2) is 0 Å². The van der Waals surface area contributed by atoms with Gasteiger partial charge in [-0.15, -0.1) is 0 Å². The van der Waals surface area contributed by atoms with Crippen molar-refractivity contribution in [2.24, 2.45) is 0 Å². The minimum absolute atomic E-state index is 0.173. The number of halogens is 1. The second-order valence-corrected chi connectivity index (χ2v) is 6.12. The number of amides is 1. The van der Waals surface area contributed by atoms with Crippen molar-refractivity contribution in [1.82, 2.24) is 5.32 Å². The summed E-state index contributed by atoms with van der Waals surface area (Å²) >= 11 is 3.35. The maximum absolute atomic E-state index is 11.9. The second-order valence-electron chi connectivity index (χ2n) is 5.21. The van der Waals surface area contributed by atoms with Crippen molar-refractivity contribution in [2.75, 3.05) is 0 Å². The van der Waals surface area contributed by atoms with E-state index in [4.69, 9.17) is 4.74 Å². The fraction of sp³-hybridized carbons (Fsp3) is 0.158. The van der Waals surface area contributed by atoms with E-state index in [1.54, 1.807) is 13.0 Å². The first-order chi connectivity index (χ1) is 11.5. The predicted octanol–water partition coefficient (Wildman–Crippen LogP) is 3.71. The number of hydrogen-bond acceptors (Lipinski definition) is 3. The Morgan fingerprint density at radius 2 is 1.79 bits per heavy atom. The van der Waals surface area contributed by atoms with E-state index < -0.39 is 12.0 Å². The number of carbonyl (C=O) groups excluding carboxylic acids is 2. The topological polar surface area (TPSA) is 55.4 Å². The Morgan fingerprint density at radius 1 is 1.12 bits per heavy atom. The monoisotopic (exact) mass is 387 g/mol. The van der Waals surface area contributed by atoms with Crippen LogP contribution in [0.25, 0.3) is 6.08 Å². The molecule has 0 bridgehead atoms. The van der Waals surface area contributed by atoms with Gasteiger partial charge in [0.1, 0.15) is 12.6 Å². The third kappa shape index (κ3) is 6.01. The molecule has 0 saturated carbocycles. The normalized spacial score (nSPS) is 11.9. The summed E-state index contributed by atoms with van der Waals surface area (Å²) < 4.78 is 6.16. The molecule has 0 aliphatic rings. The highest BCUT2D eigenvalue weighted by Crippen LogP contribution is 2.11. The van der Waals surface area contributed by atoms with Crippen LogP contribution in [0, 0.1) is 0 Å². The number of benzene rings is 2. The lowest BCUT2D eigenvalue weighted by Crippen LogP contribution is -2.38. The van der Waals surface area contributed by atoms with Crippen molar-refractivity contribution < 1.29 is 14.3 Å². The smallest absolute Gasteiger partial charge is 0.328 e. The Labute approximate surface area is 149 Å². The summed E-state index contributed by atoms with van der Waals surface area (Å²) in [5, 5.41) is 2.59. The molecule has 2 rings (SSSR count). The van der Waals surface area contributed by atoms with Crippen LogP contribution in [0.2, 0.25) is 0 Å². The number of carbonyl (C=O) groups is 2.